The summed E-state index contributed by atoms with van der Waals surface area (Å²) >= 11 is 0. The van der Waals surface area contributed by atoms with E-state index in [1.807, 2.05) is 43.3 Å². The summed E-state index contributed by atoms with van der Waals surface area (Å²) in [7, 11) is 0. The van der Waals surface area contributed by atoms with Crippen LogP contribution in [0.4, 0.5) is 0 Å². The van der Waals surface area contributed by atoms with Crippen LogP contribution < -0.4 is 9.47 Å². The van der Waals surface area contributed by atoms with Crippen molar-refractivity contribution >= 4 is 10.9 Å². The molecule has 0 N–H and O–H groups in total. The molecule has 0 amide bonds. The molecule has 0 spiro atoms. The fourth-order valence-electron chi connectivity index (χ4n) is 4.27. The maximum absolute atomic E-state index is 6.35. The molecular formula is C27H29N5O2. The highest BCUT2D eigenvalue weighted by Crippen LogP contribution is 2.35. The molecule has 0 aliphatic carbocycles. The zero-order valence-corrected chi connectivity index (χ0v) is 19.5. The molecule has 1 aromatic carbocycles. The number of hydrogen-bond acceptors (Lipinski definition) is 7. The van der Waals surface area contributed by atoms with Crippen LogP contribution in [0.1, 0.15) is 31.4 Å². The maximum atomic E-state index is 6.35. The van der Waals surface area contributed by atoms with E-state index in [-0.39, 0.29) is 0 Å². The van der Waals surface area contributed by atoms with E-state index in [0.29, 0.717) is 29.6 Å². The van der Waals surface area contributed by atoms with Crippen LogP contribution in [0.15, 0.2) is 61.1 Å². The number of aryl methyl sites for hydroxylation is 1. The summed E-state index contributed by atoms with van der Waals surface area (Å²) in [5, 5.41) is 0.886. The Morgan fingerprint density at radius 3 is 2.59 bits per heavy atom. The van der Waals surface area contributed by atoms with E-state index in [1.165, 1.54) is 32.4 Å². The third-order valence-electron chi connectivity index (χ3n) is 6.00. The van der Waals surface area contributed by atoms with E-state index in [1.54, 1.807) is 24.7 Å². The summed E-state index contributed by atoms with van der Waals surface area (Å²) in [4.78, 5) is 20.4. The third-order valence-corrected chi connectivity index (χ3v) is 6.00. The Bertz CT molecular complexity index is 1240. The number of pyridine rings is 2. The molecule has 0 unspecified atom stereocenters. The fourth-order valence-corrected chi connectivity index (χ4v) is 4.27. The van der Waals surface area contributed by atoms with E-state index >= 15 is 0 Å². The van der Waals surface area contributed by atoms with Crippen LogP contribution >= 0.6 is 0 Å². The molecule has 1 fully saturated rings. The summed E-state index contributed by atoms with van der Waals surface area (Å²) in [6.45, 7) is 6.15. The molecule has 1 saturated heterocycles. The average molecular weight is 456 g/mol. The summed E-state index contributed by atoms with van der Waals surface area (Å²) in [5.41, 5.74) is 2.32. The van der Waals surface area contributed by atoms with Crippen LogP contribution in [0.25, 0.3) is 22.4 Å². The van der Waals surface area contributed by atoms with Crippen molar-refractivity contribution in [1.29, 1.82) is 0 Å². The Balaban J connectivity index is 1.34. The lowest BCUT2D eigenvalue weighted by Crippen LogP contribution is -2.31. The Morgan fingerprint density at radius 2 is 1.74 bits per heavy atom. The first-order valence-corrected chi connectivity index (χ1v) is 11.9. The maximum Gasteiger partial charge on any atom is 0.181 e. The van der Waals surface area contributed by atoms with Gasteiger partial charge in [0.15, 0.2) is 17.3 Å². The Hall–Kier alpha value is -3.58. The number of aromatic nitrogens is 4. The minimum Gasteiger partial charge on any atom is -0.494 e. The SMILES string of the molecule is Cc1ccc(Oc2ccnc3ccc(OCCCN4CCCCC4)cc23)c(-c2ncccn2)n1. The van der Waals surface area contributed by atoms with E-state index in [9.17, 15) is 0 Å². The minimum absolute atomic E-state index is 0.525. The van der Waals surface area contributed by atoms with Crippen LogP contribution in [0.3, 0.4) is 0 Å². The first-order valence-electron chi connectivity index (χ1n) is 11.9. The summed E-state index contributed by atoms with van der Waals surface area (Å²) < 4.78 is 12.4. The smallest absolute Gasteiger partial charge is 0.181 e. The van der Waals surface area contributed by atoms with Gasteiger partial charge in [0, 0.05) is 36.2 Å². The van der Waals surface area contributed by atoms with Crippen molar-refractivity contribution in [2.24, 2.45) is 0 Å². The number of likely N-dealkylation sites (tertiary alicyclic amines) is 1. The highest BCUT2D eigenvalue weighted by atomic mass is 16.5. The largest absolute Gasteiger partial charge is 0.494 e. The Labute approximate surface area is 199 Å². The molecular weight excluding hydrogens is 426 g/mol. The number of fused-ring (bicyclic) bond motifs is 1. The van der Waals surface area contributed by atoms with Crippen molar-refractivity contribution in [2.45, 2.75) is 32.6 Å². The number of nitrogens with zero attached hydrogens (tertiary/aromatic N) is 5. The summed E-state index contributed by atoms with van der Waals surface area (Å²) in [6, 6.07) is 13.4. The molecule has 174 valence electrons. The van der Waals surface area contributed by atoms with Gasteiger partial charge in [0.1, 0.15) is 11.5 Å². The fraction of sp³-hybridized carbons (Fsp3) is 0.333. The number of ether oxygens (including phenoxy) is 2. The number of hydrogen-bond donors (Lipinski definition) is 0. The van der Waals surface area contributed by atoms with Crippen LogP contribution in [0.2, 0.25) is 0 Å². The van der Waals surface area contributed by atoms with Gasteiger partial charge in [0.25, 0.3) is 0 Å². The lowest BCUT2D eigenvalue weighted by Gasteiger charge is -2.26. The molecule has 0 saturated carbocycles. The van der Waals surface area contributed by atoms with Crippen molar-refractivity contribution in [3.63, 3.8) is 0 Å². The molecule has 34 heavy (non-hydrogen) atoms. The van der Waals surface area contributed by atoms with Crippen LogP contribution in [0.5, 0.6) is 17.2 Å². The van der Waals surface area contributed by atoms with Crippen LogP contribution in [0, 0.1) is 6.92 Å². The standard InChI is InChI=1S/C27H29N5O2/c1-20-7-10-25(26(31-20)27-29-12-5-13-30-27)34-24-11-14-28-23-9-8-21(19-22(23)24)33-18-6-17-32-15-3-2-4-16-32/h5,7-14,19H,2-4,6,15-18H2,1H3. The van der Waals surface area contributed by atoms with Gasteiger partial charge in [0.05, 0.1) is 12.1 Å². The second-order valence-electron chi connectivity index (χ2n) is 8.57. The van der Waals surface area contributed by atoms with Gasteiger partial charge in [-0.3, -0.25) is 4.98 Å². The van der Waals surface area contributed by atoms with E-state index in [0.717, 1.165) is 35.3 Å². The average Bonchev–Trinajstić information content (AvgIpc) is 2.89. The molecule has 7 heteroatoms. The molecule has 1 aliphatic rings. The molecule has 3 aromatic heterocycles. The molecule has 4 heterocycles. The zero-order valence-electron chi connectivity index (χ0n) is 19.5. The molecule has 5 rings (SSSR count). The van der Waals surface area contributed by atoms with Crippen molar-refractivity contribution in [3.8, 4) is 28.8 Å². The predicted octanol–water partition coefficient (Wildman–Crippen LogP) is 5.44. The third kappa shape index (κ3) is 5.31. The van der Waals surface area contributed by atoms with Gasteiger partial charge >= 0.3 is 0 Å². The Morgan fingerprint density at radius 1 is 0.882 bits per heavy atom. The number of rotatable bonds is 8. The van der Waals surface area contributed by atoms with E-state index < -0.39 is 0 Å². The van der Waals surface area contributed by atoms with E-state index in [2.05, 4.69) is 24.8 Å². The van der Waals surface area contributed by atoms with Gasteiger partial charge in [-0.25, -0.2) is 15.0 Å². The quantitative estimate of drug-likeness (QED) is 0.327. The van der Waals surface area contributed by atoms with Crippen LogP contribution in [-0.4, -0.2) is 51.1 Å². The highest BCUT2D eigenvalue weighted by Gasteiger charge is 2.14. The first-order chi connectivity index (χ1) is 16.8. The molecule has 0 atom stereocenters. The summed E-state index contributed by atoms with van der Waals surface area (Å²) in [5.74, 6) is 2.62. The van der Waals surface area contributed by atoms with Crippen LogP contribution in [-0.2, 0) is 0 Å². The van der Waals surface area contributed by atoms with E-state index in [4.69, 9.17) is 9.47 Å². The molecule has 0 bridgehead atoms. The van der Waals surface area contributed by atoms with Gasteiger partial charge in [-0.15, -0.1) is 0 Å². The monoisotopic (exact) mass is 455 g/mol. The first kappa shape index (κ1) is 22.2. The van der Waals surface area contributed by atoms with Gasteiger partial charge in [-0.1, -0.05) is 6.42 Å². The Kier molecular flexibility index (Phi) is 6.91. The highest BCUT2D eigenvalue weighted by molar-refractivity contribution is 5.86. The van der Waals surface area contributed by atoms with Crippen molar-refractivity contribution in [2.75, 3.05) is 26.2 Å². The molecule has 1 aliphatic heterocycles. The van der Waals surface area contributed by atoms with Gasteiger partial charge in [-0.2, -0.15) is 0 Å². The van der Waals surface area contributed by atoms with Crippen molar-refractivity contribution in [1.82, 2.24) is 24.8 Å². The van der Waals surface area contributed by atoms with Crippen molar-refractivity contribution in [3.05, 3.63) is 66.7 Å². The molecule has 4 aromatic rings. The molecule has 7 nitrogen and oxygen atoms in total. The zero-order chi connectivity index (χ0) is 23.2. The second kappa shape index (κ2) is 10.6. The lowest BCUT2D eigenvalue weighted by molar-refractivity contribution is 0.205. The topological polar surface area (TPSA) is 73.3 Å². The lowest BCUT2D eigenvalue weighted by atomic mass is 10.1. The summed E-state index contributed by atoms with van der Waals surface area (Å²) in [6.07, 6.45) is 10.2. The normalized spacial score (nSPS) is 14.3. The number of piperidine rings is 1. The van der Waals surface area contributed by atoms with Gasteiger partial charge < -0.3 is 14.4 Å². The van der Waals surface area contributed by atoms with Gasteiger partial charge in [0.2, 0.25) is 0 Å². The molecule has 0 radical (unpaired) electrons. The second-order valence-corrected chi connectivity index (χ2v) is 8.57. The van der Waals surface area contributed by atoms with Gasteiger partial charge in [-0.05, 0) is 81.7 Å². The predicted molar refractivity (Wildman–Crippen MR) is 132 cm³/mol. The number of benzene rings is 1. The minimum atomic E-state index is 0.525. The van der Waals surface area contributed by atoms with Crippen molar-refractivity contribution < 1.29 is 9.47 Å².